The monoisotopic (exact) mass is 231 g/mol. The lowest BCUT2D eigenvalue weighted by Gasteiger charge is -2.36. The highest BCUT2D eigenvalue weighted by Crippen LogP contribution is 2.46. The smallest absolute Gasteiger partial charge is 0.0431 e. The fourth-order valence-electron chi connectivity index (χ4n) is 2.62. The van der Waals surface area contributed by atoms with E-state index in [9.17, 15) is 0 Å². The third-order valence-corrected chi connectivity index (χ3v) is 4.07. The summed E-state index contributed by atoms with van der Waals surface area (Å²) in [5, 5.41) is 0. The summed E-state index contributed by atoms with van der Waals surface area (Å²) in [6, 6.07) is 8.68. The standard InChI is InChI=1S/C14H21N3/c1-16-8-10-17(11-9-16)13-5-3-2-4-12(13)14(15)6-7-14/h2-5H,6-11,15H2,1H3. The van der Waals surface area contributed by atoms with Gasteiger partial charge in [-0.05, 0) is 31.5 Å². The molecule has 1 saturated heterocycles. The van der Waals surface area contributed by atoms with Gasteiger partial charge in [0.1, 0.15) is 0 Å². The average Bonchev–Trinajstić information content (AvgIpc) is 3.10. The maximum Gasteiger partial charge on any atom is 0.0431 e. The zero-order valence-corrected chi connectivity index (χ0v) is 10.5. The SMILES string of the molecule is CN1CCN(c2ccccc2C2(N)CC2)CC1. The zero-order chi connectivity index (χ0) is 11.9. The second-order valence-electron chi connectivity index (χ2n) is 5.46. The maximum absolute atomic E-state index is 6.37. The van der Waals surface area contributed by atoms with Crippen molar-refractivity contribution in [3.8, 4) is 0 Å². The van der Waals surface area contributed by atoms with E-state index in [1.807, 2.05) is 0 Å². The van der Waals surface area contributed by atoms with Crippen molar-refractivity contribution in [1.29, 1.82) is 0 Å². The Kier molecular flexibility index (Phi) is 2.60. The topological polar surface area (TPSA) is 32.5 Å². The number of benzene rings is 1. The molecule has 1 aliphatic heterocycles. The second kappa shape index (κ2) is 4.00. The van der Waals surface area contributed by atoms with E-state index >= 15 is 0 Å². The highest BCUT2D eigenvalue weighted by Gasteiger charge is 2.42. The molecule has 1 saturated carbocycles. The van der Waals surface area contributed by atoms with Crippen LogP contribution >= 0.6 is 0 Å². The zero-order valence-electron chi connectivity index (χ0n) is 10.5. The summed E-state index contributed by atoms with van der Waals surface area (Å²) >= 11 is 0. The Morgan fingerprint density at radius 1 is 1.06 bits per heavy atom. The normalized spacial score (nSPS) is 23.8. The Bertz CT molecular complexity index is 404. The summed E-state index contributed by atoms with van der Waals surface area (Å²) in [7, 11) is 2.19. The largest absolute Gasteiger partial charge is 0.369 e. The lowest BCUT2D eigenvalue weighted by Crippen LogP contribution is -2.45. The molecule has 3 heteroatoms. The molecule has 1 aromatic rings. The highest BCUT2D eigenvalue weighted by atomic mass is 15.2. The molecular weight excluding hydrogens is 210 g/mol. The summed E-state index contributed by atoms with van der Waals surface area (Å²) in [5.41, 5.74) is 9.05. The Morgan fingerprint density at radius 3 is 2.35 bits per heavy atom. The maximum atomic E-state index is 6.37. The first kappa shape index (κ1) is 11.1. The number of hydrogen-bond acceptors (Lipinski definition) is 3. The van der Waals surface area contributed by atoms with E-state index in [0.717, 1.165) is 39.0 Å². The van der Waals surface area contributed by atoms with Gasteiger partial charge < -0.3 is 15.5 Å². The predicted molar refractivity (Wildman–Crippen MR) is 71.3 cm³/mol. The Balaban J connectivity index is 1.87. The van der Waals surface area contributed by atoms with Crippen LogP contribution in [0.2, 0.25) is 0 Å². The quantitative estimate of drug-likeness (QED) is 0.835. The van der Waals surface area contributed by atoms with Crippen LogP contribution in [0.5, 0.6) is 0 Å². The average molecular weight is 231 g/mol. The van der Waals surface area contributed by atoms with Crippen LogP contribution in [0.3, 0.4) is 0 Å². The van der Waals surface area contributed by atoms with Gasteiger partial charge in [0.05, 0.1) is 0 Å². The van der Waals surface area contributed by atoms with Crippen molar-refractivity contribution < 1.29 is 0 Å². The minimum absolute atomic E-state index is 0.0278. The molecular formula is C14H21N3. The van der Waals surface area contributed by atoms with Gasteiger partial charge in [-0.1, -0.05) is 18.2 Å². The highest BCUT2D eigenvalue weighted by molar-refractivity contribution is 5.58. The number of nitrogens with two attached hydrogens (primary N) is 1. The van der Waals surface area contributed by atoms with Crippen LogP contribution in [-0.2, 0) is 5.54 Å². The van der Waals surface area contributed by atoms with Gasteiger partial charge in [-0.15, -0.1) is 0 Å². The van der Waals surface area contributed by atoms with E-state index in [-0.39, 0.29) is 5.54 Å². The number of nitrogens with zero attached hydrogens (tertiary/aromatic N) is 2. The van der Waals surface area contributed by atoms with E-state index in [0.29, 0.717) is 0 Å². The Morgan fingerprint density at radius 2 is 1.71 bits per heavy atom. The molecule has 1 aromatic carbocycles. The molecule has 1 heterocycles. The molecule has 0 spiro atoms. The first-order valence-corrected chi connectivity index (χ1v) is 6.51. The summed E-state index contributed by atoms with van der Waals surface area (Å²) in [6.07, 6.45) is 2.27. The van der Waals surface area contributed by atoms with Crippen molar-refractivity contribution in [2.75, 3.05) is 38.1 Å². The summed E-state index contributed by atoms with van der Waals surface area (Å²) in [6.45, 7) is 4.52. The molecule has 0 bridgehead atoms. The van der Waals surface area contributed by atoms with Crippen LogP contribution in [0.1, 0.15) is 18.4 Å². The van der Waals surface area contributed by atoms with Gasteiger partial charge in [-0.2, -0.15) is 0 Å². The van der Waals surface area contributed by atoms with E-state index in [4.69, 9.17) is 5.73 Å². The fraction of sp³-hybridized carbons (Fsp3) is 0.571. The van der Waals surface area contributed by atoms with Gasteiger partial charge in [0.2, 0.25) is 0 Å². The molecule has 3 nitrogen and oxygen atoms in total. The molecule has 0 unspecified atom stereocenters. The number of likely N-dealkylation sites (N-methyl/N-ethyl adjacent to an activating group) is 1. The van der Waals surface area contributed by atoms with Crippen molar-refractivity contribution >= 4 is 5.69 Å². The van der Waals surface area contributed by atoms with Crippen molar-refractivity contribution in [1.82, 2.24) is 4.90 Å². The fourth-order valence-corrected chi connectivity index (χ4v) is 2.62. The summed E-state index contributed by atoms with van der Waals surface area (Å²) < 4.78 is 0. The van der Waals surface area contributed by atoms with Crippen LogP contribution in [0.4, 0.5) is 5.69 Å². The number of hydrogen-bond donors (Lipinski definition) is 1. The molecule has 2 fully saturated rings. The molecule has 92 valence electrons. The van der Waals surface area contributed by atoms with E-state index in [2.05, 4.69) is 41.1 Å². The van der Waals surface area contributed by atoms with Crippen molar-refractivity contribution in [3.63, 3.8) is 0 Å². The molecule has 2 N–H and O–H groups in total. The third kappa shape index (κ3) is 2.05. The molecule has 0 amide bonds. The molecule has 1 aliphatic carbocycles. The first-order chi connectivity index (χ1) is 8.19. The summed E-state index contributed by atoms with van der Waals surface area (Å²) in [4.78, 5) is 4.87. The lowest BCUT2D eigenvalue weighted by molar-refractivity contribution is 0.312. The van der Waals surface area contributed by atoms with Gasteiger partial charge in [0.25, 0.3) is 0 Å². The molecule has 0 aromatic heterocycles. The van der Waals surface area contributed by atoms with E-state index in [1.54, 1.807) is 0 Å². The van der Waals surface area contributed by atoms with Crippen molar-refractivity contribution in [2.24, 2.45) is 5.73 Å². The Hall–Kier alpha value is -1.06. The van der Waals surface area contributed by atoms with Gasteiger partial charge in [-0.3, -0.25) is 0 Å². The number of anilines is 1. The molecule has 2 aliphatic rings. The lowest BCUT2D eigenvalue weighted by atomic mass is 10.0. The van der Waals surface area contributed by atoms with Gasteiger partial charge in [-0.25, -0.2) is 0 Å². The van der Waals surface area contributed by atoms with Gasteiger partial charge in [0.15, 0.2) is 0 Å². The Labute approximate surface area is 103 Å². The molecule has 3 rings (SSSR count). The van der Waals surface area contributed by atoms with Crippen molar-refractivity contribution in [2.45, 2.75) is 18.4 Å². The van der Waals surface area contributed by atoms with Gasteiger partial charge in [0, 0.05) is 37.4 Å². The number of para-hydroxylation sites is 1. The van der Waals surface area contributed by atoms with Crippen molar-refractivity contribution in [3.05, 3.63) is 29.8 Å². The van der Waals surface area contributed by atoms with Crippen LogP contribution in [0.15, 0.2) is 24.3 Å². The molecule has 0 atom stereocenters. The minimum Gasteiger partial charge on any atom is -0.369 e. The van der Waals surface area contributed by atoms with Gasteiger partial charge >= 0.3 is 0 Å². The third-order valence-electron chi connectivity index (χ3n) is 4.07. The number of rotatable bonds is 2. The molecule has 17 heavy (non-hydrogen) atoms. The summed E-state index contributed by atoms with van der Waals surface area (Å²) in [5.74, 6) is 0. The first-order valence-electron chi connectivity index (χ1n) is 6.51. The van der Waals surface area contributed by atoms with E-state index < -0.39 is 0 Å². The minimum atomic E-state index is -0.0278. The molecule has 0 radical (unpaired) electrons. The number of piperazine rings is 1. The van der Waals surface area contributed by atoms with E-state index in [1.165, 1.54) is 11.3 Å². The van der Waals surface area contributed by atoms with Crippen LogP contribution in [0, 0.1) is 0 Å². The second-order valence-corrected chi connectivity index (χ2v) is 5.46. The van der Waals surface area contributed by atoms with Crippen LogP contribution in [0.25, 0.3) is 0 Å². The predicted octanol–water partition coefficient (Wildman–Crippen LogP) is 1.39. The van der Waals surface area contributed by atoms with Crippen LogP contribution < -0.4 is 10.6 Å². The van der Waals surface area contributed by atoms with Crippen LogP contribution in [-0.4, -0.2) is 38.1 Å².